The zero-order valence-electron chi connectivity index (χ0n) is 4.77. The average Bonchev–Trinajstić information content (AvgIpc) is 1.68. The van der Waals surface area contributed by atoms with Gasteiger partial charge < -0.3 is 10.2 Å². The van der Waals surface area contributed by atoms with Crippen LogP contribution in [0.5, 0.6) is 0 Å². The molecule has 0 saturated carbocycles. The molecule has 0 heterocycles. The first kappa shape index (κ1) is 6.88. The van der Waals surface area contributed by atoms with Gasteiger partial charge in [0, 0.05) is 6.54 Å². The molecule has 3 nitrogen and oxygen atoms in total. The molecule has 44 valence electrons. The van der Waals surface area contributed by atoms with E-state index in [2.05, 4.69) is 10.2 Å². The van der Waals surface area contributed by atoms with Gasteiger partial charge in [-0.1, -0.05) is 0 Å². The van der Waals surface area contributed by atoms with Gasteiger partial charge in [-0.2, -0.15) is 0 Å². The minimum Gasteiger partial charge on any atom is -0.317 e. The van der Waals surface area contributed by atoms with Crippen molar-refractivity contribution in [1.82, 2.24) is 5.32 Å². The van der Waals surface area contributed by atoms with Crippen LogP contribution in [0.1, 0.15) is 6.92 Å². The lowest BCUT2D eigenvalue weighted by atomic mass is 10.4. The molecular weight excluding hydrogens is 92.1 g/mol. The molecule has 3 N–H and O–H groups in total. The van der Waals surface area contributed by atoms with Crippen LogP contribution in [0.15, 0.2) is 0 Å². The topological polar surface area (TPSA) is 47.3 Å². The van der Waals surface area contributed by atoms with Crippen molar-refractivity contribution in [2.24, 2.45) is 5.90 Å². The molecule has 0 saturated heterocycles. The maximum Gasteiger partial charge on any atom is 0.0883 e. The number of nitrogens with two attached hydrogens (primary N) is 1. The molecular formula is C4H12N2O. The maximum atomic E-state index is 4.82. The van der Waals surface area contributed by atoms with Crippen LogP contribution in [0, 0.1) is 0 Å². The Kier molecular flexibility index (Phi) is 3.98. The Balaban J connectivity index is 2.83. The Labute approximate surface area is 43.8 Å². The first-order chi connectivity index (χ1) is 3.31. The molecule has 0 aromatic carbocycles. The molecule has 0 spiro atoms. The second kappa shape index (κ2) is 4.05. The number of likely N-dealkylation sites (N-methyl/N-ethyl adjacent to an activating group) is 1. The molecule has 3 heteroatoms. The van der Waals surface area contributed by atoms with Gasteiger partial charge in [-0.25, -0.2) is 5.90 Å². The quantitative estimate of drug-likeness (QED) is 0.474. The van der Waals surface area contributed by atoms with Crippen molar-refractivity contribution in [2.45, 2.75) is 13.0 Å². The number of hydrogen-bond donors (Lipinski definition) is 2. The molecule has 0 aliphatic heterocycles. The summed E-state index contributed by atoms with van der Waals surface area (Å²) in [6, 6.07) is 0. The van der Waals surface area contributed by atoms with Crippen molar-refractivity contribution in [3.05, 3.63) is 0 Å². The fraction of sp³-hybridized carbons (Fsp3) is 1.00. The zero-order valence-corrected chi connectivity index (χ0v) is 4.77. The van der Waals surface area contributed by atoms with E-state index in [1.165, 1.54) is 0 Å². The van der Waals surface area contributed by atoms with Crippen molar-refractivity contribution < 1.29 is 4.84 Å². The molecule has 0 aliphatic carbocycles. The lowest BCUT2D eigenvalue weighted by Gasteiger charge is -2.04. The summed E-state index contributed by atoms with van der Waals surface area (Å²) in [5.74, 6) is 4.82. The Morgan fingerprint density at radius 3 is 2.57 bits per heavy atom. The third kappa shape index (κ3) is 3.72. The lowest BCUT2D eigenvalue weighted by Crippen LogP contribution is -2.25. The fourth-order valence-electron chi connectivity index (χ4n) is 0.336. The Morgan fingerprint density at radius 2 is 2.43 bits per heavy atom. The molecule has 7 heavy (non-hydrogen) atoms. The first-order valence-corrected chi connectivity index (χ1v) is 2.31. The normalized spacial score (nSPS) is 14.1. The highest BCUT2D eigenvalue weighted by atomic mass is 16.6. The SMILES string of the molecule is CNCC(C)ON. The second-order valence-electron chi connectivity index (χ2n) is 1.50. The molecule has 0 bridgehead atoms. The largest absolute Gasteiger partial charge is 0.317 e. The van der Waals surface area contributed by atoms with Crippen LogP contribution >= 0.6 is 0 Å². The van der Waals surface area contributed by atoms with Crippen molar-refractivity contribution in [1.29, 1.82) is 0 Å². The van der Waals surface area contributed by atoms with E-state index in [-0.39, 0.29) is 6.10 Å². The minimum absolute atomic E-state index is 0.116. The van der Waals surface area contributed by atoms with Gasteiger partial charge >= 0.3 is 0 Å². The zero-order chi connectivity index (χ0) is 5.70. The van der Waals surface area contributed by atoms with Crippen LogP contribution in [0.3, 0.4) is 0 Å². The highest BCUT2D eigenvalue weighted by molar-refractivity contribution is 4.47. The van der Waals surface area contributed by atoms with Gasteiger partial charge in [-0.15, -0.1) is 0 Å². The lowest BCUT2D eigenvalue weighted by molar-refractivity contribution is 0.0679. The van der Waals surface area contributed by atoms with Crippen molar-refractivity contribution in [3.8, 4) is 0 Å². The predicted molar refractivity (Wildman–Crippen MR) is 28.7 cm³/mol. The Bertz CT molecular complexity index is 40.7. The van der Waals surface area contributed by atoms with Crippen molar-refractivity contribution >= 4 is 0 Å². The van der Waals surface area contributed by atoms with Gasteiger partial charge in [0.2, 0.25) is 0 Å². The third-order valence-electron chi connectivity index (χ3n) is 0.724. The molecule has 0 aromatic heterocycles. The van der Waals surface area contributed by atoms with E-state index in [4.69, 9.17) is 5.90 Å². The van der Waals surface area contributed by atoms with E-state index < -0.39 is 0 Å². The molecule has 0 aromatic rings. The fourth-order valence-corrected chi connectivity index (χ4v) is 0.336. The number of rotatable bonds is 3. The van der Waals surface area contributed by atoms with Gasteiger partial charge in [0.25, 0.3) is 0 Å². The van der Waals surface area contributed by atoms with Crippen molar-refractivity contribution in [2.75, 3.05) is 13.6 Å². The summed E-state index contributed by atoms with van der Waals surface area (Å²) in [6.07, 6.45) is 0.116. The molecule has 0 rings (SSSR count). The van der Waals surface area contributed by atoms with Gasteiger partial charge in [0.1, 0.15) is 0 Å². The van der Waals surface area contributed by atoms with E-state index in [1.54, 1.807) is 0 Å². The molecule has 1 atom stereocenters. The predicted octanol–water partition coefficient (Wildman–Crippen LogP) is -0.515. The van der Waals surface area contributed by atoms with Gasteiger partial charge in [-0.3, -0.25) is 0 Å². The van der Waals surface area contributed by atoms with Crippen LogP contribution in [-0.4, -0.2) is 19.7 Å². The first-order valence-electron chi connectivity index (χ1n) is 2.31. The van der Waals surface area contributed by atoms with Crippen molar-refractivity contribution in [3.63, 3.8) is 0 Å². The number of hydrogen-bond acceptors (Lipinski definition) is 3. The average molecular weight is 104 g/mol. The maximum absolute atomic E-state index is 4.82. The monoisotopic (exact) mass is 104 g/mol. The van der Waals surface area contributed by atoms with Gasteiger partial charge in [0.15, 0.2) is 0 Å². The molecule has 0 amide bonds. The summed E-state index contributed by atoms with van der Waals surface area (Å²) < 4.78 is 0. The van der Waals surface area contributed by atoms with Gasteiger partial charge in [0.05, 0.1) is 6.10 Å². The summed E-state index contributed by atoms with van der Waals surface area (Å²) >= 11 is 0. The standard InChI is InChI=1S/C4H12N2O/c1-4(7-5)3-6-2/h4,6H,3,5H2,1-2H3. The highest BCUT2D eigenvalue weighted by Crippen LogP contribution is 1.77. The van der Waals surface area contributed by atoms with E-state index in [9.17, 15) is 0 Å². The second-order valence-corrected chi connectivity index (χ2v) is 1.50. The van der Waals surface area contributed by atoms with Crippen LogP contribution in [0.4, 0.5) is 0 Å². The number of nitrogens with one attached hydrogen (secondary N) is 1. The van der Waals surface area contributed by atoms with E-state index in [1.807, 2.05) is 14.0 Å². The van der Waals surface area contributed by atoms with Gasteiger partial charge in [-0.05, 0) is 14.0 Å². The minimum atomic E-state index is 0.116. The Morgan fingerprint density at radius 1 is 1.86 bits per heavy atom. The molecule has 0 fully saturated rings. The smallest absolute Gasteiger partial charge is 0.0883 e. The summed E-state index contributed by atoms with van der Waals surface area (Å²) in [4.78, 5) is 4.43. The van der Waals surface area contributed by atoms with Crippen LogP contribution < -0.4 is 11.2 Å². The third-order valence-corrected chi connectivity index (χ3v) is 0.724. The highest BCUT2D eigenvalue weighted by Gasteiger charge is 1.93. The van der Waals surface area contributed by atoms with Crippen LogP contribution in [-0.2, 0) is 4.84 Å². The summed E-state index contributed by atoms with van der Waals surface area (Å²) in [6.45, 7) is 2.70. The molecule has 1 unspecified atom stereocenters. The summed E-state index contributed by atoms with van der Waals surface area (Å²) in [5.41, 5.74) is 0. The summed E-state index contributed by atoms with van der Waals surface area (Å²) in [5, 5.41) is 2.91. The Hall–Kier alpha value is -0.120. The summed E-state index contributed by atoms with van der Waals surface area (Å²) in [7, 11) is 1.86. The van der Waals surface area contributed by atoms with E-state index in [0.29, 0.717) is 0 Å². The van der Waals surface area contributed by atoms with E-state index >= 15 is 0 Å². The van der Waals surface area contributed by atoms with Crippen LogP contribution in [0.25, 0.3) is 0 Å². The molecule has 0 aliphatic rings. The van der Waals surface area contributed by atoms with Crippen LogP contribution in [0.2, 0.25) is 0 Å². The molecule has 0 radical (unpaired) electrons. The van der Waals surface area contributed by atoms with E-state index in [0.717, 1.165) is 6.54 Å².